The van der Waals surface area contributed by atoms with Crippen LogP contribution in [-0.2, 0) is 0 Å². The number of benzene rings is 1. The van der Waals surface area contributed by atoms with Gasteiger partial charge in [0.15, 0.2) is 0 Å². The Hall–Kier alpha value is -1.02. The van der Waals surface area contributed by atoms with Gasteiger partial charge in [-0.1, -0.05) is 25.0 Å². The summed E-state index contributed by atoms with van der Waals surface area (Å²) < 4.78 is 0. The number of nitrogens with one attached hydrogen (secondary N) is 1. The second kappa shape index (κ2) is 4.88. The lowest BCUT2D eigenvalue weighted by Crippen LogP contribution is -2.36. The highest BCUT2D eigenvalue weighted by Gasteiger charge is 2.22. The van der Waals surface area contributed by atoms with Crippen molar-refractivity contribution in [3.8, 4) is 0 Å². The van der Waals surface area contributed by atoms with E-state index in [0.29, 0.717) is 0 Å². The van der Waals surface area contributed by atoms with E-state index in [4.69, 9.17) is 0 Å². The average Bonchev–Trinajstić information content (AvgIpc) is 2.27. The van der Waals surface area contributed by atoms with Crippen molar-refractivity contribution in [2.75, 3.05) is 5.32 Å². The van der Waals surface area contributed by atoms with E-state index < -0.39 is 0 Å². The van der Waals surface area contributed by atoms with E-state index in [-0.39, 0.29) is 12.1 Å². The van der Waals surface area contributed by atoms with Crippen molar-refractivity contribution in [3.63, 3.8) is 0 Å². The van der Waals surface area contributed by atoms with Crippen LogP contribution in [0.4, 0.5) is 5.69 Å². The normalized spacial score (nSPS) is 25.4. The van der Waals surface area contributed by atoms with Crippen LogP contribution in [-0.4, -0.2) is 17.3 Å². The molecule has 1 aromatic carbocycles. The molecule has 2 rings (SSSR count). The van der Waals surface area contributed by atoms with Gasteiger partial charge in [-0.3, -0.25) is 0 Å². The summed E-state index contributed by atoms with van der Waals surface area (Å²) in [6.07, 6.45) is 4.21. The molecule has 2 atom stereocenters. The van der Waals surface area contributed by atoms with Crippen LogP contribution in [0.15, 0.2) is 18.2 Å². The lowest BCUT2D eigenvalue weighted by Gasteiger charge is -2.29. The van der Waals surface area contributed by atoms with Crippen LogP contribution in [0.25, 0.3) is 0 Å². The average molecular weight is 219 g/mol. The lowest BCUT2D eigenvalue weighted by atomic mass is 9.92. The van der Waals surface area contributed by atoms with Crippen LogP contribution in [0.5, 0.6) is 0 Å². The number of hydrogen-bond acceptors (Lipinski definition) is 2. The SMILES string of the molecule is Cc1ccc(C)c(N[C@H]2CCCC[C@@H]2O)c1. The van der Waals surface area contributed by atoms with E-state index in [1.54, 1.807) is 0 Å². The van der Waals surface area contributed by atoms with Crippen molar-refractivity contribution in [1.29, 1.82) is 0 Å². The molecule has 0 amide bonds. The van der Waals surface area contributed by atoms with Crippen LogP contribution in [0.3, 0.4) is 0 Å². The molecule has 0 bridgehead atoms. The summed E-state index contributed by atoms with van der Waals surface area (Å²) in [4.78, 5) is 0. The first-order valence-corrected chi connectivity index (χ1v) is 6.18. The van der Waals surface area contributed by atoms with Crippen LogP contribution < -0.4 is 5.32 Å². The fraction of sp³-hybridized carbons (Fsp3) is 0.571. The predicted molar refractivity (Wildman–Crippen MR) is 67.8 cm³/mol. The topological polar surface area (TPSA) is 32.3 Å². The Labute approximate surface area is 97.7 Å². The molecule has 0 spiro atoms. The Kier molecular flexibility index (Phi) is 3.49. The number of anilines is 1. The van der Waals surface area contributed by atoms with Gasteiger partial charge in [-0.25, -0.2) is 0 Å². The van der Waals surface area contributed by atoms with Gasteiger partial charge in [-0.15, -0.1) is 0 Å². The first-order chi connectivity index (χ1) is 7.66. The largest absolute Gasteiger partial charge is 0.391 e. The highest BCUT2D eigenvalue weighted by atomic mass is 16.3. The Bertz CT molecular complexity index is 362. The van der Waals surface area contributed by atoms with E-state index >= 15 is 0 Å². The van der Waals surface area contributed by atoms with Crippen molar-refractivity contribution in [3.05, 3.63) is 29.3 Å². The molecule has 0 aliphatic heterocycles. The lowest BCUT2D eigenvalue weighted by molar-refractivity contribution is 0.116. The molecule has 1 aliphatic carbocycles. The van der Waals surface area contributed by atoms with E-state index in [9.17, 15) is 5.11 Å². The summed E-state index contributed by atoms with van der Waals surface area (Å²) in [5, 5.41) is 13.4. The number of aliphatic hydroxyl groups excluding tert-OH is 1. The molecule has 0 unspecified atom stereocenters. The van der Waals surface area contributed by atoms with Crippen LogP contribution in [0.2, 0.25) is 0 Å². The van der Waals surface area contributed by atoms with E-state index in [2.05, 4.69) is 37.4 Å². The Morgan fingerprint density at radius 2 is 1.94 bits per heavy atom. The maximum Gasteiger partial charge on any atom is 0.0741 e. The monoisotopic (exact) mass is 219 g/mol. The van der Waals surface area contributed by atoms with E-state index in [1.807, 2.05) is 0 Å². The molecule has 2 N–H and O–H groups in total. The fourth-order valence-electron chi connectivity index (χ4n) is 2.37. The highest BCUT2D eigenvalue weighted by Crippen LogP contribution is 2.24. The van der Waals surface area contributed by atoms with Gasteiger partial charge in [-0.05, 0) is 43.9 Å². The van der Waals surface area contributed by atoms with E-state index in [0.717, 1.165) is 19.3 Å². The molecule has 1 saturated carbocycles. The van der Waals surface area contributed by atoms with Gasteiger partial charge < -0.3 is 10.4 Å². The minimum atomic E-state index is -0.186. The number of aryl methyl sites for hydroxylation is 2. The summed E-state index contributed by atoms with van der Waals surface area (Å²) >= 11 is 0. The third-order valence-corrected chi connectivity index (χ3v) is 3.46. The zero-order chi connectivity index (χ0) is 11.5. The van der Waals surface area contributed by atoms with Gasteiger partial charge >= 0.3 is 0 Å². The maximum atomic E-state index is 9.93. The summed E-state index contributed by atoms with van der Waals surface area (Å²) in [6.45, 7) is 4.21. The van der Waals surface area contributed by atoms with Gasteiger partial charge in [-0.2, -0.15) is 0 Å². The van der Waals surface area contributed by atoms with Crippen molar-refractivity contribution in [1.82, 2.24) is 0 Å². The van der Waals surface area contributed by atoms with Gasteiger partial charge in [0, 0.05) is 5.69 Å². The first-order valence-electron chi connectivity index (χ1n) is 6.18. The Morgan fingerprint density at radius 1 is 1.19 bits per heavy atom. The van der Waals surface area contributed by atoms with Crippen LogP contribution in [0.1, 0.15) is 36.8 Å². The summed E-state index contributed by atoms with van der Waals surface area (Å²) in [5.41, 5.74) is 3.69. The first kappa shape index (κ1) is 11.5. The predicted octanol–water partition coefficient (Wildman–Crippen LogP) is 3.02. The zero-order valence-corrected chi connectivity index (χ0v) is 10.2. The number of aliphatic hydroxyl groups is 1. The van der Waals surface area contributed by atoms with E-state index in [1.165, 1.54) is 23.2 Å². The molecule has 2 heteroatoms. The van der Waals surface area contributed by atoms with Gasteiger partial charge in [0.2, 0.25) is 0 Å². The molecule has 1 aromatic rings. The van der Waals surface area contributed by atoms with Gasteiger partial charge in [0.05, 0.1) is 12.1 Å². The second-order valence-corrected chi connectivity index (χ2v) is 4.92. The fourth-order valence-corrected chi connectivity index (χ4v) is 2.37. The van der Waals surface area contributed by atoms with Crippen molar-refractivity contribution in [2.24, 2.45) is 0 Å². The molecule has 0 radical (unpaired) electrons. The molecular formula is C14H21NO. The third-order valence-electron chi connectivity index (χ3n) is 3.46. The molecule has 16 heavy (non-hydrogen) atoms. The van der Waals surface area contributed by atoms with Crippen molar-refractivity contribution >= 4 is 5.69 Å². The number of rotatable bonds is 2. The van der Waals surface area contributed by atoms with Crippen LogP contribution in [0, 0.1) is 13.8 Å². The Morgan fingerprint density at radius 3 is 2.69 bits per heavy atom. The molecule has 0 heterocycles. The van der Waals surface area contributed by atoms with Crippen molar-refractivity contribution < 1.29 is 5.11 Å². The molecule has 0 aromatic heterocycles. The van der Waals surface area contributed by atoms with Crippen LogP contribution >= 0.6 is 0 Å². The molecule has 1 aliphatic rings. The molecular weight excluding hydrogens is 198 g/mol. The molecule has 88 valence electrons. The minimum absolute atomic E-state index is 0.186. The standard InChI is InChI=1S/C14H21NO/c1-10-7-8-11(2)13(9-10)15-12-5-3-4-6-14(12)16/h7-9,12,14-16H,3-6H2,1-2H3/t12-,14-/m0/s1. The summed E-state index contributed by atoms with van der Waals surface area (Å²) in [6, 6.07) is 6.65. The summed E-state index contributed by atoms with van der Waals surface area (Å²) in [7, 11) is 0. The molecule has 2 nitrogen and oxygen atoms in total. The maximum absolute atomic E-state index is 9.93. The van der Waals surface area contributed by atoms with Gasteiger partial charge in [0.1, 0.15) is 0 Å². The number of hydrogen-bond donors (Lipinski definition) is 2. The zero-order valence-electron chi connectivity index (χ0n) is 10.2. The minimum Gasteiger partial charge on any atom is -0.391 e. The smallest absolute Gasteiger partial charge is 0.0741 e. The second-order valence-electron chi connectivity index (χ2n) is 4.92. The highest BCUT2D eigenvalue weighted by molar-refractivity contribution is 5.53. The van der Waals surface area contributed by atoms with Crippen molar-refractivity contribution in [2.45, 2.75) is 51.7 Å². The molecule has 1 fully saturated rings. The Balaban J connectivity index is 2.10. The third kappa shape index (κ3) is 2.56. The summed E-state index contributed by atoms with van der Waals surface area (Å²) in [5.74, 6) is 0. The molecule has 0 saturated heterocycles. The quantitative estimate of drug-likeness (QED) is 0.801. The van der Waals surface area contributed by atoms with Gasteiger partial charge in [0.25, 0.3) is 0 Å².